The van der Waals surface area contributed by atoms with E-state index in [1.165, 1.54) is 0 Å². The van der Waals surface area contributed by atoms with Crippen LogP contribution in [0.4, 0.5) is 11.4 Å². The molecule has 1 aliphatic carbocycles. The number of halogens is 1. The number of benzene rings is 1. The van der Waals surface area contributed by atoms with Crippen molar-refractivity contribution in [1.29, 1.82) is 0 Å². The molecule has 0 radical (unpaired) electrons. The summed E-state index contributed by atoms with van der Waals surface area (Å²) in [4.78, 5) is 0. The number of nitrogen functional groups attached to an aromatic ring is 1. The molecular formula is C11H15ClN2O. The molecule has 82 valence electrons. The summed E-state index contributed by atoms with van der Waals surface area (Å²) in [6, 6.07) is 5.33. The molecule has 0 unspecified atom stereocenters. The molecule has 0 aliphatic heterocycles. The molecule has 0 saturated heterocycles. The van der Waals surface area contributed by atoms with E-state index >= 15 is 0 Å². The summed E-state index contributed by atoms with van der Waals surface area (Å²) < 4.78 is 0. The number of nitrogens with one attached hydrogen (secondary N) is 1. The minimum Gasteiger partial charge on any atom is -0.399 e. The number of nitrogens with two attached hydrogens (primary N) is 1. The smallest absolute Gasteiger partial charge is 0.0819 e. The molecule has 1 aliphatic rings. The zero-order chi connectivity index (χ0) is 10.9. The molecule has 1 fully saturated rings. The van der Waals surface area contributed by atoms with E-state index in [0.29, 0.717) is 17.3 Å². The van der Waals surface area contributed by atoms with Crippen molar-refractivity contribution in [2.24, 2.45) is 0 Å². The highest BCUT2D eigenvalue weighted by Gasteiger charge is 2.33. The highest BCUT2D eigenvalue weighted by atomic mass is 35.5. The number of anilines is 2. The fourth-order valence-electron chi connectivity index (χ4n) is 1.70. The highest BCUT2D eigenvalue weighted by molar-refractivity contribution is 6.33. The van der Waals surface area contributed by atoms with Crippen molar-refractivity contribution in [3.05, 3.63) is 23.2 Å². The summed E-state index contributed by atoms with van der Waals surface area (Å²) in [5.74, 6) is 0. The normalized spacial score (nSPS) is 18.3. The summed E-state index contributed by atoms with van der Waals surface area (Å²) in [7, 11) is 0. The van der Waals surface area contributed by atoms with Crippen LogP contribution in [0.15, 0.2) is 18.2 Å². The number of hydrogen-bond acceptors (Lipinski definition) is 3. The Morgan fingerprint density at radius 1 is 1.47 bits per heavy atom. The standard InChI is InChI=1S/C11H15ClN2O/c12-9-6-8(13)2-3-10(9)14-7-11(15)4-1-5-11/h2-3,6,14-15H,1,4-5,7,13H2. The second-order valence-corrected chi connectivity index (χ2v) is 4.58. The minimum atomic E-state index is -0.537. The van der Waals surface area contributed by atoms with Crippen LogP contribution in [0.3, 0.4) is 0 Å². The Balaban J connectivity index is 1.98. The van der Waals surface area contributed by atoms with Crippen LogP contribution in [-0.4, -0.2) is 17.3 Å². The molecule has 0 heterocycles. The van der Waals surface area contributed by atoms with Crippen molar-refractivity contribution in [3.8, 4) is 0 Å². The van der Waals surface area contributed by atoms with Gasteiger partial charge in [-0.25, -0.2) is 0 Å². The Bertz CT molecular complexity index is 364. The van der Waals surface area contributed by atoms with Gasteiger partial charge >= 0.3 is 0 Å². The van der Waals surface area contributed by atoms with E-state index in [4.69, 9.17) is 17.3 Å². The number of hydrogen-bond donors (Lipinski definition) is 3. The molecule has 0 bridgehead atoms. The molecule has 4 N–H and O–H groups in total. The highest BCUT2D eigenvalue weighted by Crippen LogP contribution is 2.32. The Hall–Kier alpha value is -0.930. The van der Waals surface area contributed by atoms with Gasteiger partial charge in [-0.2, -0.15) is 0 Å². The van der Waals surface area contributed by atoms with E-state index < -0.39 is 5.60 Å². The zero-order valence-corrected chi connectivity index (χ0v) is 9.22. The van der Waals surface area contributed by atoms with E-state index in [2.05, 4.69) is 5.32 Å². The average molecular weight is 227 g/mol. The van der Waals surface area contributed by atoms with Gasteiger partial charge in [0.1, 0.15) is 0 Å². The number of aliphatic hydroxyl groups is 1. The first-order valence-electron chi connectivity index (χ1n) is 5.10. The Kier molecular flexibility index (Phi) is 2.76. The van der Waals surface area contributed by atoms with Crippen molar-refractivity contribution in [2.45, 2.75) is 24.9 Å². The van der Waals surface area contributed by atoms with Gasteiger partial charge in [0, 0.05) is 12.2 Å². The van der Waals surface area contributed by atoms with Gasteiger partial charge in [0.05, 0.1) is 16.3 Å². The lowest BCUT2D eigenvalue weighted by Crippen LogP contribution is -2.43. The van der Waals surface area contributed by atoms with Gasteiger partial charge in [-0.15, -0.1) is 0 Å². The van der Waals surface area contributed by atoms with Crippen LogP contribution < -0.4 is 11.1 Å². The quantitative estimate of drug-likeness (QED) is 0.693. The third-order valence-corrected chi connectivity index (χ3v) is 3.20. The molecule has 4 heteroatoms. The van der Waals surface area contributed by atoms with Gasteiger partial charge in [0.25, 0.3) is 0 Å². The summed E-state index contributed by atoms with van der Waals surface area (Å²) in [5.41, 5.74) is 6.52. The van der Waals surface area contributed by atoms with Crippen LogP contribution in [0.1, 0.15) is 19.3 Å². The first-order valence-corrected chi connectivity index (χ1v) is 5.48. The molecule has 3 nitrogen and oxygen atoms in total. The number of rotatable bonds is 3. The largest absolute Gasteiger partial charge is 0.399 e. The Labute approximate surface area is 94.2 Å². The lowest BCUT2D eigenvalue weighted by atomic mass is 9.80. The van der Waals surface area contributed by atoms with E-state index in [9.17, 15) is 5.11 Å². The second kappa shape index (κ2) is 3.91. The molecule has 15 heavy (non-hydrogen) atoms. The summed E-state index contributed by atoms with van der Waals surface area (Å²) in [6.07, 6.45) is 2.84. The maximum atomic E-state index is 9.89. The SMILES string of the molecule is Nc1ccc(NCC2(O)CCC2)c(Cl)c1. The van der Waals surface area contributed by atoms with Crippen LogP contribution in [-0.2, 0) is 0 Å². The maximum Gasteiger partial charge on any atom is 0.0819 e. The summed E-state index contributed by atoms with van der Waals surface area (Å²) in [6.45, 7) is 0.552. The monoisotopic (exact) mass is 226 g/mol. The third kappa shape index (κ3) is 2.36. The van der Waals surface area contributed by atoms with Gasteiger partial charge in [0.2, 0.25) is 0 Å². The van der Waals surface area contributed by atoms with Crippen LogP contribution in [0.25, 0.3) is 0 Å². The first-order chi connectivity index (χ1) is 7.09. The van der Waals surface area contributed by atoms with E-state index in [-0.39, 0.29) is 0 Å². The fraction of sp³-hybridized carbons (Fsp3) is 0.455. The molecule has 0 spiro atoms. The van der Waals surface area contributed by atoms with Crippen LogP contribution in [0.5, 0.6) is 0 Å². The zero-order valence-electron chi connectivity index (χ0n) is 8.46. The topological polar surface area (TPSA) is 58.3 Å². The third-order valence-electron chi connectivity index (χ3n) is 2.89. The molecule has 0 aromatic heterocycles. The molecule has 1 saturated carbocycles. The van der Waals surface area contributed by atoms with Crippen LogP contribution in [0.2, 0.25) is 5.02 Å². The van der Waals surface area contributed by atoms with Gasteiger partial charge < -0.3 is 16.2 Å². The Morgan fingerprint density at radius 2 is 2.20 bits per heavy atom. The van der Waals surface area contributed by atoms with Crippen molar-refractivity contribution in [3.63, 3.8) is 0 Å². The first kappa shape index (κ1) is 10.6. The molecule has 1 aromatic rings. The van der Waals surface area contributed by atoms with Crippen LogP contribution in [0, 0.1) is 0 Å². The van der Waals surface area contributed by atoms with Gasteiger partial charge in [-0.3, -0.25) is 0 Å². The van der Waals surface area contributed by atoms with Crippen molar-refractivity contribution in [2.75, 3.05) is 17.6 Å². The fourth-order valence-corrected chi connectivity index (χ4v) is 1.95. The molecule has 1 aromatic carbocycles. The molecule has 0 atom stereocenters. The lowest BCUT2D eigenvalue weighted by molar-refractivity contribution is -0.0201. The molecular weight excluding hydrogens is 212 g/mol. The minimum absolute atomic E-state index is 0.537. The predicted molar refractivity (Wildman–Crippen MR) is 63.2 cm³/mol. The van der Waals surface area contributed by atoms with Gasteiger partial charge in [-0.05, 0) is 37.5 Å². The van der Waals surface area contributed by atoms with E-state index in [1.807, 2.05) is 6.07 Å². The van der Waals surface area contributed by atoms with Crippen molar-refractivity contribution >= 4 is 23.0 Å². The Morgan fingerprint density at radius 3 is 2.73 bits per heavy atom. The maximum absolute atomic E-state index is 9.89. The average Bonchev–Trinajstić information content (AvgIpc) is 2.14. The van der Waals surface area contributed by atoms with Gasteiger partial charge in [0.15, 0.2) is 0 Å². The van der Waals surface area contributed by atoms with Crippen LogP contribution >= 0.6 is 11.6 Å². The lowest BCUT2D eigenvalue weighted by Gasteiger charge is -2.37. The summed E-state index contributed by atoms with van der Waals surface area (Å²) in [5, 5.41) is 13.6. The van der Waals surface area contributed by atoms with Crippen molar-refractivity contribution in [1.82, 2.24) is 0 Å². The van der Waals surface area contributed by atoms with E-state index in [1.54, 1.807) is 12.1 Å². The predicted octanol–water partition coefficient (Wildman–Crippen LogP) is 2.25. The second-order valence-electron chi connectivity index (χ2n) is 4.17. The molecule has 0 amide bonds. The van der Waals surface area contributed by atoms with Gasteiger partial charge in [-0.1, -0.05) is 11.6 Å². The van der Waals surface area contributed by atoms with Crippen molar-refractivity contribution < 1.29 is 5.11 Å². The molecule has 2 rings (SSSR count). The van der Waals surface area contributed by atoms with E-state index in [0.717, 1.165) is 24.9 Å². The summed E-state index contributed by atoms with van der Waals surface area (Å²) >= 11 is 6.00.